The molecule has 1 aromatic heterocycles. The van der Waals surface area contributed by atoms with Crippen molar-refractivity contribution in [2.75, 3.05) is 5.32 Å². The Bertz CT molecular complexity index is 1440. The molecule has 7 heteroatoms. The van der Waals surface area contributed by atoms with E-state index < -0.39 is 0 Å². The van der Waals surface area contributed by atoms with Crippen molar-refractivity contribution in [1.82, 2.24) is 15.1 Å². The van der Waals surface area contributed by atoms with Gasteiger partial charge in [0.15, 0.2) is 5.69 Å². The first-order valence-electron chi connectivity index (χ1n) is 11.7. The second-order valence-corrected chi connectivity index (χ2v) is 8.92. The average Bonchev–Trinajstić information content (AvgIpc) is 3.73. The normalized spacial score (nSPS) is 13.9. The minimum atomic E-state index is -0.360. The van der Waals surface area contributed by atoms with Gasteiger partial charge in [0, 0.05) is 17.0 Å². The van der Waals surface area contributed by atoms with Crippen LogP contribution in [-0.2, 0) is 11.3 Å². The van der Waals surface area contributed by atoms with E-state index in [0.29, 0.717) is 10.8 Å². The van der Waals surface area contributed by atoms with Gasteiger partial charge in [0.25, 0.3) is 11.5 Å². The van der Waals surface area contributed by atoms with Gasteiger partial charge in [-0.15, -0.1) is 0 Å². The molecule has 2 N–H and O–H groups in total. The van der Waals surface area contributed by atoms with E-state index in [9.17, 15) is 14.4 Å². The van der Waals surface area contributed by atoms with E-state index in [4.69, 9.17) is 0 Å². The summed E-state index contributed by atoms with van der Waals surface area (Å²) < 4.78 is 1.34. The van der Waals surface area contributed by atoms with Gasteiger partial charge in [0.05, 0.1) is 18.0 Å². The molecule has 35 heavy (non-hydrogen) atoms. The number of amides is 2. The highest BCUT2D eigenvalue weighted by Crippen LogP contribution is 2.30. The van der Waals surface area contributed by atoms with Crippen LogP contribution in [0.25, 0.3) is 10.8 Å². The highest BCUT2D eigenvalue weighted by atomic mass is 16.2. The number of carbonyl (C=O) groups is 2. The second-order valence-electron chi connectivity index (χ2n) is 8.92. The topological polar surface area (TPSA) is 93.1 Å². The number of rotatable bonds is 7. The van der Waals surface area contributed by atoms with Crippen molar-refractivity contribution < 1.29 is 9.59 Å². The zero-order chi connectivity index (χ0) is 24.4. The Morgan fingerprint density at radius 3 is 2.29 bits per heavy atom. The molecule has 1 saturated carbocycles. The van der Waals surface area contributed by atoms with Gasteiger partial charge in [0.2, 0.25) is 5.91 Å². The van der Waals surface area contributed by atoms with Gasteiger partial charge in [-0.2, -0.15) is 5.10 Å². The Morgan fingerprint density at radius 2 is 1.60 bits per heavy atom. The summed E-state index contributed by atoms with van der Waals surface area (Å²) in [6.45, 7) is 2.16. The molecular weight excluding hydrogens is 440 g/mol. The summed E-state index contributed by atoms with van der Waals surface area (Å²) in [6.07, 6.45) is 1.91. The molecule has 0 spiro atoms. The fourth-order valence-electron chi connectivity index (χ4n) is 4.06. The first-order valence-corrected chi connectivity index (χ1v) is 11.7. The van der Waals surface area contributed by atoms with E-state index in [1.165, 1.54) is 4.68 Å². The van der Waals surface area contributed by atoms with E-state index >= 15 is 0 Å². The summed E-state index contributed by atoms with van der Waals surface area (Å²) in [5.41, 5.74) is 2.52. The maximum atomic E-state index is 13.3. The van der Waals surface area contributed by atoms with Gasteiger partial charge in [-0.1, -0.05) is 60.7 Å². The summed E-state index contributed by atoms with van der Waals surface area (Å²) in [7, 11) is 0. The van der Waals surface area contributed by atoms with Crippen molar-refractivity contribution in [3.8, 4) is 0 Å². The van der Waals surface area contributed by atoms with Gasteiger partial charge in [0.1, 0.15) is 0 Å². The minimum absolute atomic E-state index is 0.0580. The number of anilines is 1. The molecule has 0 radical (unpaired) electrons. The Morgan fingerprint density at radius 1 is 0.943 bits per heavy atom. The number of benzene rings is 3. The molecule has 4 aromatic rings. The summed E-state index contributed by atoms with van der Waals surface area (Å²) >= 11 is 0. The molecule has 1 fully saturated rings. The van der Waals surface area contributed by atoms with Crippen molar-refractivity contribution in [2.45, 2.75) is 32.4 Å². The van der Waals surface area contributed by atoms with Crippen molar-refractivity contribution in [3.05, 3.63) is 106 Å². The van der Waals surface area contributed by atoms with Crippen molar-refractivity contribution in [1.29, 1.82) is 0 Å². The number of carbonyl (C=O) groups excluding carboxylic acids is 2. The lowest BCUT2D eigenvalue weighted by Crippen LogP contribution is -2.32. The van der Waals surface area contributed by atoms with Crippen LogP contribution in [0.1, 0.15) is 47.4 Å². The quantitative estimate of drug-likeness (QED) is 0.425. The molecule has 7 nitrogen and oxygen atoms in total. The first-order chi connectivity index (χ1) is 17.0. The van der Waals surface area contributed by atoms with Crippen molar-refractivity contribution in [3.63, 3.8) is 0 Å². The lowest BCUT2D eigenvalue weighted by atomic mass is 10.1. The van der Waals surface area contributed by atoms with Crippen LogP contribution < -0.4 is 16.2 Å². The molecule has 1 unspecified atom stereocenters. The monoisotopic (exact) mass is 466 g/mol. The van der Waals surface area contributed by atoms with Crippen LogP contribution in [0.2, 0.25) is 0 Å². The molecule has 1 heterocycles. The van der Waals surface area contributed by atoms with E-state index in [-0.39, 0.29) is 41.6 Å². The Kier molecular flexibility index (Phi) is 6.14. The predicted octanol–water partition coefficient (Wildman–Crippen LogP) is 4.28. The van der Waals surface area contributed by atoms with Crippen LogP contribution >= 0.6 is 0 Å². The van der Waals surface area contributed by atoms with E-state index in [0.717, 1.165) is 29.7 Å². The van der Waals surface area contributed by atoms with Crippen LogP contribution in [0.3, 0.4) is 0 Å². The zero-order valence-electron chi connectivity index (χ0n) is 19.4. The van der Waals surface area contributed by atoms with Crippen LogP contribution in [0, 0.1) is 5.92 Å². The highest BCUT2D eigenvalue weighted by Gasteiger charge is 2.29. The Balaban J connectivity index is 1.38. The van der Waals surface area contributed by atoms with Gasteiger partial charge in [-0.05, 0) is 49.1 Å². The molecule has 5 rings (SSSR count). The number of fused-ring (bicyclic) bond motifs is 1. The molecule has 1 aliphatic carbocycles. The lowest BCUT2D eigenvalue weighted by molar-refractivity contribution is -0.117. The standard InChI is InChI=1S/C28H26N4O3/c1-18(20-13-15-22(16-14-20)30-26(33)21-11-12-21)29-27(34)25-23-9-5-6-10-24(23)28(35)32(31-25)17-19-7-3-2-4-8-19/h2-10,13-16,18,21H,11-12,17H2,1H3,(H,29,34)(H,30,33). The maximum absolute atomic E-state index is 13.3. The lowest BCUT2D eigenvalue weighted by Gasteiger charge is -2.16. The number of hydrogen-bond acceptors (Lipinski definition) is 4. The number of nitrogens with one attached hydrogen (secondary N) is 2. The summed E-state index contributed by atoms with van der Waals surface area (Å²) in [5.74, 6) is -0.162. The summed E-state index contributed by atoms with van der Waals surface area (Å²) in [5, 5.41) is 11.3. The largest absolute Gasteiger partial charge is 0.344 e. The third-order valence-corrected chi connectivity index (χ3v) is 6.23. The molecule has 176 valence electrons. The summed E-state index contributed by atoms with van der Waals surface area (Å²) in [6, 6.07) is 23.7. The van der Waals surface area contributed by atoms with Crippen molar-refractivity contribution >= 4 is 28.3 Å². The van der Waals surface area contributed by atoms with Crippen LogP contribution in [0.15, 0.2) is 83.7 Å². The first kappa shape index (κ1) is 22.5. The zero-order valence-corrected chi connectivity index (χ0v) is 19.4. The van der Waals surface area contributed by atoms with Gasteiger partial charge in [-0.3, -0.25) is 14.4 Å². The fourth-order valence-corrected chi connectivity index (χ4v) is 4.06. The van der Waals surface area contributed by atoms with Gasteiger partial charge >= 0.3 is 0 Å². The van der Waals surface area contributed by atoms with Gasteiger partial charge < -0.3 is 10.6 Å². The average molecular weight is 467 g/mol. The molecule has 0 saturated heterocycles. The molecular formula is C28H26N4O3. The van der Waals surface area contributed by atoms with E-state index in [1.54, 1.807) is 24.3 Å². The minimum Gasteiger partial charge on any atom is -0.344 e. The third kappa shape index (κ3) is 4.99. The molecule has 0 bridgehead atoms. The van der Waals surface area contributed by atoms with Gasteiger partial charge in [-0.25, -0.2) is 4.68 Å². The molecule has 1 aliphatic rings. The second kappa shape index (κ2) is 9.54. The Labute approximate surface area is 202 Å². The SMILES string of the molecule is CC(NC(=O)c1nn(Cc2ccccc2)c(=O)c2ccccc12)c1ccc(NC(=O)C2CC2)cc1. The Hall–Kier alpha value is -4.26. The third-order valence-electron chi connectivity index (χ3n) is 6.23. The smallest absolute Gasteiger partial charge is 0.274 e. The van der Waals surface area contributed by atoms with Crippen LogP contribution in [-0.4, -0.2) is 21.6 Å². The van der Waals surface area contributed by atoms with Crippen LogP contribution in [0.5, 0.6) is 0 Å². The van der Waals surface area contributed by atoms with E-state index in [1.807, 2.05) is 61.5 Å². The highest BCUT2D eigenvalue weighted by molar-refractivity contribution is 6.04. The van der Waals surface area contributed by atoms with Crippen LogP contribution in [0.4, 0.5) is 5.69 Å². The summed E-state index contributed by atoms with van der Waals surface area (Å²) in [4.78, 5) is 38.3. The predicted molar refractivity (Wildman–Crippen MR) is 135 cm³/mol. The molecule has 2 amide bonds. The number of aromatic nitrogens is 2. The molecule has 1 atom stereocenters. The van der Waals surface area contributed by atoms with Crippen molar-refractivity contribution in [2.24, 2.45) is 5.92 Å². The number of nitrogens with zero attached hydrogens (tertiary/aromatic N) is 2. The fraction of sp³-hybridized carbons (Fsp3) is 0.214. The number of hydrogen-bond donors (Lipinski definition) is 2. The molecule has 3 aromatic carbocycles. The van der Waals surface area contributed by atoms with E-state index in [2.05, 4.69) is 15.7 Å². The molecule has 0 aliphatic heterocycles. The maximum Gasteiger partial charge on any atom is 0.274 e.